The molecule has 8 heteroatoms. The van der Waals surface area contributed by atoms with Gasteiger partial charge >= 0.3 is 0 Å². The molecule has 1 amide bonds. The van der Waals surface area contributed by atoms with Gasteiger partial charge in [0.25, 0.3) is 0 Å². The Morgan fingerprint density at radius 1 is 1.11 bits per heavy atom. The van der Waals surface area contributed by atoms with Gasteiger partial charge in [0, 0.05) is 54.1 Å². The molecule has 5 rings (SSSR count). The zero-order valence-corrected chi connectivity index (χ0v) is 21.8. The highest BCUT2D eigenvalue weighted by Gasteiger charge is 2.43. The van der Waals surface area contributed by atoms with E-state index in [2.05, 4.69) is 58.4 Å². The average molecular weight is 501 g/mol. The van der Waals surface area contributed by atoms with Crippen LogP contribution in [0.2, 0.25) is 0 Å². The van der Waals surface area contributed by atoms with Crippen molar-refractivity contribution in [2.24, 2.45) is 5.92 Å². The van der Waals surface area contributed by atoms with E-state index in [1.807, 2.05) is 24.2 Å². The van der Waals surface area contributed by atoms with Crippen molar-refractivity contribution in [2.45, 2.75) is 44.6 Å². The summed E-state index contributed by atoms with van der Waals surface area (Å²) in [5.41, 5.74) is 10.2. The fourth-order valence-corrected chi connectivity index (χ4v) is 6.25. The summed E-state index contributed by atoms with van der Waals surface area (Å²) in [6.45, 7) is 2.51. The number of carbonyl (C=O) groups excluding carboxylic acids is 1. The molecule has 1 atom stereocenters. The zero-order valence-electron chi connectivity index (χ0n) is 21.0. The van der Waals surface area contributed by atoms with Crippen LogP contribution in [0.15, 0.2) is 66.1 Å². The third kappa shape index (κ3) is 4.82. The smallest absolute Gasteiger partial charge is 0.243 e. The van der Waals surface area contributed by atoms with E-state index in [1.165, 1.54) is 21.8 Å². The highest BCUT2D eigenvalue weighted by atomic mass is 32.2. The molecule has 1 saturated carbocycles. The lowest BCUT2D eigenvalue weighted by Crippen LogP contribution is -2.35. The maximum absolute atomic E-state index is 12.1. The van der Waals surface area contributed by atoms with Crippen LogP contribution in [0.1, 0.15) is 43.7 Å². The molecular formula is C28H32N6OS. The van der Waals surface area contributed by atoms with E-state index in [1.54, 1.807) is 36.1 Å². The molecule has 1 fully saturated rings. The first-order valence-electron chi connectivity index (χ1n) is 12.4. The second-order valence-electron chi connectivity index (χ2n) is 9.97. The molecular weight excluding hydrogens is 468 g/mol. The number of anilines is 1. The van der Waals surface area contributed by atoms with Crippen LogP contribution in [-0.2, 0) is 16.8 Å². The second kappa shape index (κ2) is 9.93. The van der Waals surface area contributed by atoms with Crippen LogP contribution in [0.25, 0.3) is 16.0 Å². The number of rotatable bonds is 6. The first-order chi connectivity index (χ1) is 17.3. The van der Waals surface area contributed by atoms with Gasteiger partial charge in [-0.1, -0.05) is 61.5 Å². The maximum Gasteiger partial charge on any atom is 0.243 e. The number of likely N-dealkylation sites (N-methyl/N-ethyl adjacent to an activating group) is 1. The molecule has 7 nitrogen and oxygen atoms in total. The lowest BCUT2D eigenvalue weighted by molar-refractivity contribution is -0.129. The number of aromatic nitrogens is 4. The Labute approximate surface area is 216 Å². The number of nitrogens with two attached hydrogens (primary N) is 1. The molecule has 0 radical (unpaired) electrons. The average Bonchev–Trinajstić information content (AvgIpc) is 3.21. The molecule has 2 aromatic heterocycles. The van der Waals surface area contributed by atoms with E-state index < -0.39 is 0 Å². The van der Waals surface area contributed by atoms with Gasteiger partial charge in [0.05, 0.1) is 6.20 Å². The van der Waals surface area contributed by atoms with E-state index in [0.717, 1.165) is 36.0 Å². The molecule has 0 saturated heterocycles. The minimum Gasteiger partial charge on any atom is -0.368 e. The van der Waals surface area contributed by atoms with Crippen molar-refractivity contribution in [1.29, 1.82) is 0 Å². The van der Waals surface area contributed by atoms with Crippen molar-refractivity contribution in [2.75, 3.05) is 19.8 Å². The summed E-state index contributed by atoms with van der Waals surface area (Å²) in [5.74, 6) is 0.749. The van der Waals surface area contributed by atoms with Crippen LogP contribution in [0.5, 0.6) is 0 Å². The van der Waals surface area contributed by atoms with E-state index in [0.29, 0.717) is 5.92 Å². The summed E-state index contributed by atoms with van der Waals surface area (Å²) >= 11 is 1.87. The molecule has 36 heavy (non-hydrogen) atoms. The molecule has 186 valence electrons. The van der Waals surface area contributed by atoms with Gasteiger partial charge in [-0.3, -0.25) is 9.48 Å². The number of hydrogen-bond acceptors (Lipinski definition) is 6. The van der Waals surface area contributed by atoms with Gasteiger partial charge in [0.15, 0.2) is 0 Å². The van der Waals surface area contributed by atoms with Gasteiger partial charge in [-0.05, 0) is 41.2 Å². The van der Waals surface area contributed by atoms with Crippen molar-refractivity contribution in [3.63, 3.8) is 0 Å². The molecule has 3 aromatic rings. The molecule has 0 spiro atoms. The summed E-state index contributed by atoms with van der Waals surface area (Å²) in [5, 5.41) is 4.47. The van der Waals surface area contributed by atoms with Crippen LogP contribution < -0.4 is 5.73 Å². The van der Waals surface area contributed by atoms with Crippen molar-refractivity contribution in [1.82, 2.24) is 24.6 Å². The van der Waals surface area contributed by atoms with Crippen molar-refractivity contribution < 1.29 is 4.79 Å². The summed E-state index contributed by atoms with van der Waals surface area (Å²) in [4.78, 5) is 24.6. The predicted molar refractivity (Wildman–Crippen MR) is 146 cm³/mol. The van der Waals surface area contributed by atoms with Crippen LogP contribution in [0.4, 0.5) is 5.95 Å². The van der Waals surface area contributed by atoms with Gasteiger partial charge in [-0.25, -0.2) is 9.97 Å². The highest BCUT2D eigenvalue weighted by molar-refractivity contribution is 8.11. The van der Waals surface area contributed by atoms with E-state index in [-0.39, 0.29) is 23.8 Å². The van der Waals surface area contributed by atoms with Crippen LogP contribution >= 0.6 is 11.8 Å². The lowest BCUT2D eigenvalue weighted by atomic mass is 9.64. The van der Waals surface area contributed by atoms with Crippen molar-refractivity contribution in [3.8, 4) is 11.1 Å². The Balaban J connectivity index is 1.40. The summed E-state index contributed by atoms with van der Waals surface area (Å²) in [6.07, 6.45) is 16.7. The molecule has 3 heterocycles. The van der Waals surface area contributed by atoms with Crippen molar-refractivity contribution >= 4 is 28.5 Å². The fraction of sp³-hybridized carbons (Fsp3) is 0.357. The molecule has 0 bridgehead atoms. The molecule has 2 N–H and O–H groups in total. The first-order valence-corrected chi connectivity index (χ1v) is 13.2. The topological polar surface area (TPSA) is 89.9 Å². The van der Waals surface area contributed by atoms with Gasteiger partial charge in [0.1, 0.15) is 6.54 Å². The van der Waals surface area contributed by atoms with Crippen molar-refractivity contribution in [3.05, 3.63) is 77.2 Å². The quantitative estimate of drug-likeness (QED) is 0.505. The Bertz CT molecular complexity index is 1300. The Morgan fingerprint density at radius 2 is 1.83 bits per heavy atom. The van der Waals surface area contributed by atoms with E-state index >= 15 is 0 Å². The highest BCUT2D eigenvalue weighted by Crippen LogP contribution is 2.56. The fourth-order valence-electron chi connectivity index (χ4n) is 4.80. The largest absolute Gasteiger partial charge is 0.368 e. The molecule has 1 aliphatic carbocycles. The molecule has 1 aliphatic heterocycles. The summed E-state index contributed by atoms with van der Waals surface area (Å²) in [6, 6.07) is 8.85. The zero-order chi connectivity index (χ0) is 25.3. The minimum absolute atomic E-state index is 0.0310. The second-order valence-corrected chi connectivity index (χ2v) is 11.1. The number of hydrogen-bond donors (Lipinski definition) is 1. The predicted octanol–water partition coefficient (Wildman–Crippen LogP) is 5.13. The standard InChI is InChI=1S/C28H32N6OS/c1-19-5-10-25(36-24(13-19)22-16-32-34(17-22)18-26(35)33(2)3)28(11-4-12-28)23-8-6-20(7-9-23)21-14-30-27(29)31-15-21/h6-10,13-17,19H,4-5,11-12,18H2,1-3H3,(H2,29,30,31). The number of nitrogens with zero attached hydrogens (tertiary/aromatic N) is 5. The minimum atomic E-state index is 0.0310. The van der Waals surface area contributed by atoms with Gasteiger partial charge in [-0.2, -0.15) is 5.10 Å². The monoisotopic (exact) mass is 500 g/mol. The molecule has 1 unspecified atom stereocenters. The van der Waals surface area contributed by atoms with Gasteiger partial charge in [-0.15, -0.1) is 0 Å². The number of nitrogen functional groups attached to an aromatic ring is 1. The Morgan fingerprint density at radius 3 is 2.47 bits per heavy atom. The number of amides is 1. The SMILES string of the molecule is CC1C=C(c2cnn(CC(=O)N(C)C)c2)SC(C2(c3ccc(-c4cnc(N)nc4)cc3)CCC2)=CC1. The molecule has 2 aliphatic rings. The Hall–Kier alpha value is -3.39. The first kappa shape index (κ1) is 24.3. The Kier molecular flexibility index (Phi) is 6.71. The van der Waals surface area contributed by atoms with Crippen LogP contribution in [0, 0.1) is 5.92 Å². The van der Waals surface area contributed by atoms with Crippen LogP contribution in [0.3, 0.4) is 0 Å². The number of allylic oxidation sites excluding steroid dienone is 3. The van der Waals surface area contributed by atoms with E-state index in [4.69, 9.17) is 5.73 Å². The van der Waals surface area contributed by atoms with Crippen LogP contribution in [-0.4, -0.2) is 44.7 Å². The van der Waals surface area contributed by atoms with Gasteiger partial charge in [0.2, 0.25) is 11.9 Å². The third-order valence-corrected chi connectivity index (χ3v) is 8.54. The normalized spacial score (nSPS) is 19.0. The lowest BCUT2D eigenvalue weighted by Gasteiger charge is -2.44. The van der Waals surface area contributed by atoms with Gasteiger partial charge < -0.3 is 10.6 Å². The van der Waals surface area contributed by atoms with E-state index in [9.17, 15) is 4.79 Å². The number of benzene rings is 1. The maximum atomic E-state index is 12.1. The summed E-state index contributed by atoms with van der Waals surface area (Å²) < 4.78 is 1.73. The number of thioether (sulfide) groups is 1. The third-order valence-electron chi connectivity index (χ3n) is 7.17. The molecule has 1 aromatic carbocycles. The summed E-state index contributed by atoms with van der Waals surface area (Å²) in [7, 11) is 3.53. The number of carbonyl (C=O) groups is 1.